The van der Waals surface area contributed by atoms with Crippen molar-refractivity contribution in [1.82, 2.24) is 4.90 Å². The fraction of sp³-hybridized carbons (Fsp3) is 0.226. The summed E-state index contributed by atoms with van der Waals surface area (Å²) in [5, 5.41) is 2.84. The maximum absolute atomic E-state index is 13.1. The van der Waals surface area contributed by atoms with Crippen LogP contribution in [0.2, 0.25) is 0 Å². The molecule has 4 rings (SSSR count). The van der Waals surface area contributed by atoms with Crippen molar-refractivity contribution < 1.29 is 23.8 Å². The first kappa shape index (κ1) is 26.7. The molecule has 0 aromatic heterocycles. The highest BCUT2D eigenvalue weighted by molar-refractivity contribution is 6.09. The van der Waals surface area contributed by atoms with Gasteiger partial charge in [-0.3, -0.25) is 9.59 Å². The molecule has 0 spiro atoms. The molecule has 38 heavy (non-hydrogen) atoms. The number of anilines is 1. The standard InChI is InChI=1S/C31H32N2O5/c1-33-17-15-21(16-18-33)29-28(37-3)20-27(36-2)25(30(29)38-4)13-14-26(34)23-11-8-12-24(19-23)32-31(35)22-9-6-5-7-10-22/h5-15,19-20H,16-18H2,1-4H3,(H,32,35)/b14-13+. The molecule has 0 unspecified atom stereocenters. The topological polar surface area (TPSA) is 77.1 Å². The molecule has 0 saturated heterocycles. The molecule has 1 aliphatic heterocycles. The number of likely N-dealkylation sites (N-methyl/N-ethyl adjacent to an activating group) is 1. The van der Waals surface area contributed by atoms with Crippen LogP contribution in [-0.2, 0) is 0 Å². The lowest BCUT2D eigenvalue weighted by atomic mass is 9.94. The summed E-state index contributed by atoms with van der Waals surface area (Å²) in [5.74, 6) is 1.31. The van der Waals surface area contributed by atoms with Crippen molar-refractivity contribution in [3.63, 3.8) is 0 Å². The average Bonchev–Trinajstić information content (AvgIpc) is 2.96. The van der Waals surface area contributed by atoms with Crippen LogP contribution in [0.4, 0.5) is 5.69 Å². The number of rotatable bonds is 9. The van der Waals surface area contributed by atoms with Crippen molar-refractivity contribution in [2.24, 2.45) is 0 Å². The van der Waals surface area contributed by atoms with E-state index in [9.17, 15) is 9.59 Å². The number of methoxy groups -OCH3 is 3. The number of amides is 1. The second-order valence-electron chi connectivity index (χ2n) is 8.94. The van der Waals surface area contributed by atoms with Crippen LogP contribution in [0.1, 0.15) is 38.3 Å². The van der Waals surface area contributed by atoms with Gasteiger partial charge in [0.05, 0.1) is 32.5 Å². The Morgan fingerprint density at radius 2 is 1.63 bits per heavy atom. The van der Waals surface area contributed by atoms with E-state index in [4.69, 9.17) is 14.2 Å². The van der Waals surface area contributed by atoms with E-state index in [0.29, 0.717) is 39.6 Å². The number of hydrogen-bond acceptors (Lipinski definition) is 6. The summed E-state index contributed by atoms with van der Waals surface area (Å²) in [6.07, 6.45) is 6.20. The van der Waals surface area contributed by atoms with Gasteiger partial charge >= 0.3 is 0 Å². The van der Waals surface area contributed by atoms with E-state index in [1.807, 2.05) is 12.1 Å². The molecule has 0 aliphatic carbocycles. The van der Waals surface area contributed by atoms with Gasteiger partial charge in [0, 0.05) is 36.0 Å². The third kappa shape index (κ3) is 5.95. The Balaban J connectivity index is 1.64. The SMILES string of the molecule is COc1cc(OC)c(C2=CCN(C)CC2)c(OC)c1/C=C/C(=O)c1cccc(NC(=O)c2ccccc2)c1. The zero-order chi connectivity index (χ0) is 27.1. The minimum Gasteiger partial charge on any atom is -0.496 e. The number of ketones is 1. The molecule has 0 fully saturated rings. The van der Waals surface area contributed by atoms with Crippen LogP contribution >= 0.6 is 0 Å². The Labute approximate surface area is 223 Å². The number of hydrogen-bond donors (Lipinski definition) is 1. The molecule has 0 saturated carbocycles. The summed E-state index contributed by atoms with van der Waals surface area (Å²) < 4.78 is 17.2. The summed E-state index contributed by atoms with van der Waals surface area (Å²) in [7, 11) is 6.87. The van der Waals surface area contributed by atoms with Gasteiger partial charge in [-0.2, -0.15) is 0 Å². The molecule has 7 heteroatoms. The largest absolute Gasteiger partial charge is 0.496 e. The third-order valence-electron chi connectivity index (χ3n) is 6.47. The van der Waals surface area contributed by atoms with Crippen molar-refractivity contribution in [3.8, 4) is 17.2 Å². The van der Waals surface area contributed by atoms with Gasteiger partial charge in [-0.1, -0.05) is 36.4 Å². The Bertz CT molecular complexity index is 1380. The Morgan fingerprint density at radius 1 is 0.895 bits per heavy atom. The van der Waals surface area contributed by atoms with E-state index in [1.54, 1.807) is 75.9 Å². The minimum atomic E-state index is -0.241. The molecule has 1 aliphatic rings. The highest BCUT2D eigenvalue weighted by atomic mass is 16.5. The fourth-order valence-corrected chi connectivity index (χ4v) is 4.43. The maximum Gasteiger partial charge on any atom is 0.255 e. The zero-order valence-electron chi connectivity index (χ0n) is 22.1. The lowest BCUT2D eigenvalue weighted by Gasteiger charge is -2.25. The second-order valence-corrected chi connectivity index (χ2v) is 8.94. The molecular weight excluding hydrogens is 480 g/mol. The van der Waals surface area contributed by atoms with Gasteiger partial charge in [-0.05, 0) is 55.5 Å². The molecule has 0 radical (unpaired) electrons. The molecule has 1 N–H and O–H groups in total. The molecule has 196 valence electrons. The lowest BCUT2D eigenvalue weighted by Crippen LogP contribution is -2.24. The molecule has 7 nitrogen and oxygen atoms in total. The average molecular weight is 513 g/mol. The molecule has 3 aromatic carbocycles. The molecular formula is C31H32N2O5. The van der Waals surface area contributed by atoms with Crippen LogP contribution in [0.5, 0.6) is 17.2 Å². The van der Waals surface area contributed by atoms with Crippen LogP contribution in [0.3, 0.4) is 0 Å². The highest BCUT2D eigenvalue weighted by Crippen LogP contribution is 2.45. The predicted octanol–water partition coefficient (Wildman–Crippen LogP) is 5.58. The van der Waals surface area contributed by atoms with Crippen LogP contribution in [-0.4, -0.2) is 58.1 Å². The smallest absolute Gasteiger partial charge is 0.255 e. The molecule has 1 heterocycles. The first-order chi connectivity index (χ1) is 18.4. The third-order valence-corrected chi connectivity index (χ3v) is 6.47. The Hall–Kier alpha value is -4.36. The van der Waals surface area contributed by atoms with Crippen LogP contribution in [0.25, 0.3) is 11.6 Å². The molecule has 3 aromatic rings. The van der Waals surface area contributed by atoms with Crippen molar-refractivity contribution in [2.45, 2.75) is 6.42 Å². The molecule has 0 atom stereocenters. The minimum absolute atomic E-state index is 0.221. The van der Waals surface area contributed by atoms with Crippen molar-refractivity contribution in [3.05, 3.63) is 95.1 Å². The summed E-state index contributed by atoms with van der Waals surface area (Å²) in [5.41, 5.74) is 4.15. The number of benzene rings is 3. The number of carbonyl (C=O) groups excluding carboxylic acids is 2. The normalized spacial score (nSPS) is 13.6. The van der Waals surface area contributed by atoms with Crippen molar-refractivity contribution in [2.75, 3.05) is 46.8 Å². The quantitative estimate of drug-likeness (QED) is 0.298. The summed E-state index contributed by atoms with van der Waals surface area (Å²) in [4.78, 5) is 27.9. The number of ether oxygens (including phenoxy) is 3. The van der Waals surface area contributed by atoms with Gasteiger partial charge in [0.1, 0.15) is 17.2 Å². The van der Waals surface area contributed by atoms with Crippen LogP contribution in [0, 0.1) is 0 Å². The predicted molar refractivity (Wildman–Crippen MR) is 150 cm³/mol. The van der Waals surface area contributed by atoms with Gasteiger partial charge in [0.25, 0.3) is 5.91 Å². The van der Waals surface area contributed by atoms with Crippen molar-refractivity contribution in [1.29, 1.82) is 0 Å². The summed E-state index contributed by atoms with van der Waals surface area (Å²) in [6, 6.07) is 17.6. The van der Waals surface area contributed by atoms with Gasteiger partial charge in [0.2, 0.25) is 0 Å². The zero-order valence-corrected chi connectivity index (χ0v) is 22.1. The van der Waals surface area contributed by atoms with Gasteiger partial charge in [0.15, 0.2) is 5.78 Å². The van der Waals surface area contributed by atoms with Crippen LogP contribution < -0.4 is 19.5 Å². The Kier molecular flexibility index (Phi) is 8.61. The van der Waals surface area contributed by atoms with Crippen molar-refractivity contribution >= 4 is 29.0 Å². The summed E-state index contributed by atoms with van der Waals surface area (Å²) >= 11 is 0. The second kappa shape index (κ2) is 12.3. The molecule has 0 bridgehead atoms. The molecule has 1 amide bonds. The maximum atomic E-state index is 13.1. The van der Waals surface area contributed by atoms with E-state index in [-0.39, 0.29) is 11.7 Å². The number of nitrogens with zero attached hydrogens (tertiary/aromatic N) is 1. The van der Waals surface area contributed by atoms with E-state index in [1.165, 1.54) is 6.08 Å². The van der Waals surface area contributed by atoms with E-state index in [0.717, 1.165) is 30.6 Å². The van der Waals surface area contributed by atoms with E-state index < -0.39 is 0 Å². The van der Waals surface area contributed by atoms with E-state index in [2.05, 4.69) is 23.3 Å². The number of allylic oxidation sites excluding steroid dienone is 1. The number of nitrogens with one attached hydrogen (secondary N) is 1. The van der Waals surface area contributed by atoms with Crippen LogP contribution in [0.15, 0.2) is 72.8 Å². The van der Waals surface area contributed by atoms with E-state index >= 15 is 0 Å². The number of carbonyl (C=O) groups is 2. The first-order valence-corrected chi connectivity index (χ1v) is 12.3. The first-order valence-electron chi connectivity index (χ1n) is 12.3. The monoisotopic (exact) mass is 512 g/mol. The van der Waals surface area contributed by atoms with Gasteiger partial charge in [-0.25, -0.2) is 0 Å². The van der Waals surface area contributed by atoms with Gasteiger partial charge in [-0.15, -0.1) is 0 Å². The Morgan fingerprint density at radius 3 is 2.29 bits per heavy atom. The lowest BCUT2D eigenvalue weighted by molar-refractivity contribution is 0.102. The van der Waals surface area contributed by atoms with Gasteiger partial charge < -0.3 is 24.4 Å². The summed E-state index contributed by atoms with van der Waals surface area (Å²) in [6.45, 7) is 1.75. The fourth-order valence-electron chi connectivity index (χ4n) is 4.43. The highest BCUT2D eigenvalue weighted by Gasteiger charge is 2.23.